The second kappa shape index (κ2) is 11.7. The van der Waals surface area contributed by atoms with Crippen molar-refractivity contribution in [3.8, 4) is 17.3 Å². The van der Waals surface area contributed by atoms with Gasteiger partial charge in [-0.1, -0.05) is 11.3 Å². The molecule has 9 nitrogen and oxygen atoms in total. The number of nitriles is 1. The Labute approximate surface area is 254 Å². The molecule has 43 heavy (non-hydrogen) atoms. The number of aromatic nitrogens is 2. The molecule has 5 rings (SSSR count). The number of hydrogen-bond donors (Lipinski definition) is 0. The SMILES string of the molecule is CC(C)n1cc(N(C)c2nc(-c3ccc(F)cc3)c(C#N)s2)c2cc(N3CCN(C(=O)OC(C)(C)C)CC3)ccc2c1=O. The lowest BCUT2D eigenvalue weighted by Gasteiger charge is -2.37. The second-order valence-corrected chi connectivity index (χ2v) is 12.8. The number of rotatable bonds is 5. The first-order chi connectivity index (χ1) is 20.4. The van der Waals surface area contributed by atoms with Gasteiger partial charge in [-0.25, -0.2) is 14.2 Å². The Morgan fingerprint density at radius 2 is 1.77 bits per heavy atom. The molecule has 1 fully saturated rings. The fourth-order valence-electron chi connectivity index (χ4n) is 5.09. The van der Waals surface area contributed by atoms with Gasteiger partial charge in [0.15, 0.2) is 5.13 Å². The summed E-state index contributed by atoms with van der Waals surface area (Å²) in [4.78, 5) is 37.1. The molecule has 3 heterocycles. The van der Waals surface area contributed by atoms with Crippen LogP contribution in [0.3, 0.4) is 0 Å². The van der Waals surface area contributed by atoms with Crippen molar-refractivity contribution in [2.24, 2.45) is 0 Å². The second-order valence-electron chi connectivity index (χ2n) is 11.9. The molecule has 224 valence electrons. The molecule has 0 spiro atoms. The lowest BCUT2D eigenvalue weighted by molar-refractivity contribution is 0.0240. The molecular weight excluding hydrogens is 567 g/mol. The molecule has 1 amide bonds. The first kappa shape index (κ1) is 30.0. The van der Waals surface area contributed by atoms with Gasteiger partial charge in [0.2, 0.25) is 0 Å². The van der Waals surface area contributed by atoms with Crippen LogP contribution in [0.1, 0.15) is 45.5 Å². The van der Waals surface area contributed by atoms with Gasteiger partial charge in [-0.3, -0.25) is 4.79 Å². The monoisotopic (exact) mass is 602 g/mol. The highest BCUT2D eigenvalue weighted by Crippen LogP contribution is 2.38. The maximum absolute atomic E-state index is 13.6. The molecule has 4 aromatic rings. The third-order valence-electron chi connectivity index (χ3n) is 7.34. The fourth-order valence-corrected chi connectivity index (χ4v) is 5.95. The Morgan fingerprint density at radius 3 is 2.37 bits per heavy atom. The standard InChI is InChI=1S/C32H35FN6O3S/c1-20(2)39-19-26(36(6)30-35-28(27(18-34)43-30)21-7-9-22(33)10-8-21)25-17-23(11-12-24(25)29(39)40)37-13-15-38(16-14-37)31(41)42-32(3,4)5/h7-12,17,19-20H,13-16H2,1-6H3. The van der Waals surface area contributed by atoms with Gasteiger partial charge >= 0.3 is 6.09 Å². The summed E-state index contributed by atoms with van der Waals surface area (Å²) < 4.78 is 20.8. The van der Waals surface area contributed by atoms with E-state index in [-0.39, 0.29) is 23.5 Å². The number of halogens is 1. The van der Waals surface area contributed by atoms with Gasteiger partial charge in [0, 0.05) is 67.5 Å². The number of piperazine rings is 1. The minimum Gasteiger partial charge on any atom is -0.444 e. The molecule has 0 saturated carbocycles. The van der Waals surface area contributed by atoms with Gasteiger partial charge < -0.3 is 24.0 Å². The molecule has 1 saturated heterocycles. The Balaban J connectivity index is 1.52. The number of nitrogens with zero attached hydrogens (tertiary/aromatic N) is 6. The van der Waals surface area contributed by atoms with Crippen molar-refractivity contribution in [1.82, 2.24) is 14.5 Å². The number of fused-ring (bicyclic) bond motifs is 1. The van der Waals surface area contributed by atoms with E-state index in [1.165, 1.54) is 23.5 Å². The van der Waals surface area contributed by atoms with Crippen LogP contribution in [0.25, 0.3) is 22.0 Å². The van der Waals surface area contributed by atoms with E-state index in [1.54, 1.807) is 21.6 Å². The van der Waals surface area contributed by atoms with Crippen LogP contribution in [0, 0.1) is 17.1 Å². The van der Waals surface area contributed by atoms with E-state index in [0.717, 1.165) is 16.8 Å². The zero-order valence-electron chi connectivity index (χ0n) is 25.2. The van der Waals surface area contributed by atoms with E-state index >= 15 is 0 Å². The average molecular weight is 603 g/mol. The maximum atomic E-state index is 13.6. The molecule has 11 heteroatoms. The van der Waals surface area contributed by atoms with E-state index in [9.17, 15) is 19.2 Å². The van der Waals surface area contributed by atoms with Crippen LogP contribution in [-0.2, 0) is 4.74 Å². The van der Waals surface area contributed by atoms with Crippen molar-refractivity contribution >= 4 is 44.7 Å². The third kappa shape index (κ3) is 6.20. The van der Waals surface area contributed by atoms with E-state index in [4.69, 9.17) is 9.72 Å². The van der Waals surface area contributed by atoms with Crippen molar-refractivity contribution in [3.05, 3.63) is 69.7 Å². The molecular formula is C32H35FN6O3S. The van der Waals surface area contributed by atoms with Gasteiger partial charge in [-0.15, -0.1) is 0 Å². The van der Waals surface area contributed by atoms with E-state index in [2.05, 4.69) is 11.0 Å². The zero-order chi connectivity index (χ0) is 31.1. The number of thiazole rings is 1. The summed E-state index contributed by atoms with van der Waals surface area (Å²) in [5.41, 5.74) is 2.20. The lowest BCUT2D eigenvalue weighted by Crippen LogP contribution is -2.50. The number of amides is 1. The summed E-state index contributed by atoms with van der Waals surface area (Å²) in [5.74, 6) is -0.362. The summed E-state index contributed by atoms with van der Waals surface area (Å²) in [6.45, 7) is 11.8. The molecule has 1 aliphatic heterocycles. The highest BCUT2D eigenvalue weighted by Gasteiger charge is 2.27. The first-order valence-electron chi connectivity index (χ1n) is 14.2. The number of carbonyl (C=O) groups is 1. The number of anilines is 3. The highest BCUT2D eigenvalue weighted by molar-refractivity contribution is 7.16. The minimum atomic E-state index is -0.552. The van der Waals surface area contributed by atoms with E-state index in [0.29, 0.717) is 52.8 Å². The summed E-state index contributed by atoms with van der Waals surface area (Å²) in [6, 6.07) is 13.9. The van der Waals surface area contributed by atoms with Gasteiger partial charge in [-0.05, 0) is 77.1 Å². The smallest absolute Gasteiger partial charge is 0.410 e. The quantitative estimate of drug-likeness (QED) is 0.256. The number of carbonyl (C=O) groups excluding carboxylic acids is 1. The molecule has 0 aliphatic carbocycles. The molecule has 0 atom stereocenters. The summed E-state index contributed by atoms with van der Waals surface area (Å²) in [6.07, 6.45) is 1.52. The Bertz CT molecular complexity index is 1760. The molecule has 0 bridgehead atoms. The van der Waals surface area contributed by atoms with Crippen molar-refractivity contribution in [2.75, 3.05) is 43.0 Å². The van der Waals surface area contributed by atoms with Gasteiger partial charge in [-0.2, -0.15) is 5.26 Å². The third-order valence-corrected chi connectivity index (χ3v) is 8.38. The fraction of sp³-hybridized carbons (Fsp3) is 0.375. The largest absolute Gasteiger partial charge is 0.444 e. The van der Waals surface area contributed by atoms with E-state index < -0.39 is 5.60 Å². The van der Waals surface area contributed by atoms with Crippen molar-refractivity contribution in [2.45, 2.75) is 46.3 Å². The van der Waals surface area contributed by atoms with Crippen molar-refractivity contribution in [3.63, 3.8) is 0 Å². The van der Waals surface area contributed by atoms with Gasteiger partial charge in [0.1, 0.15) is 28.1 Å². The molecule has 2 aromatic heterocycles. The number of benzene rings is 2. The Morgan fingerprint density at radius 1 is 1.09 bits per heavy atom. The molecule has 2 aromatic carbocycles. The number of hydrogen-bond acceptors (Lipinski definition) is 8. The highest BCUT2D eigenvalue weighted by atomic mass is 32.1. The zero-order valence-corrected chi connectivity index (χ0v) is 26.0. The molecule has 0 radical (unpaired) electrons. The predicted molar refractivity (Wildman–Crippen MR) is 169 cm³/mol. The van der Waals surface area contributed by atoms with Crippen LogP contribution in [0.5, 0.6) is 0 Å². The molecule has 0 unspecified atom stereocenters. The van der Waals surface area contributed by atoms with Crippen molar-refractivity contribution in [1.29, 1.82) is 5.26 Å². The summed E-state index contributed by atoms with van der Waals surface area (Å²) >= 11 is 1.24. The first-order valence-corrected chi connectivity index (χ1v) is 15.0. The Hall–Kier alpha value is -4.43. The normalized spacial score (nSPS) is 13.8. The Kier molecular flexibility index (Phi) is 8.16. The van der Waals surface area contributed by atoms with Crippen LogP contribution in [-0.4, -0.2) is 59.4 Å². The number of pyridine rings is 1. The lowest BCUT2D eigenvalue weighted by atomic mass is 10.1. The minimum absolute atomic E-state index is 0.0783. The van der Waals surface area contributed by atoms with Crippen LogP contribution < -0.4 is 15.4 Å². The van der Waals surface area contributed by atoms with E-state index in [1.807, 2.05) is 71.0 Å². The molecule has 0 N–H and O–H groups in total. The van der Waals surface area contributed by atoms with Crippen LogP contribution in [0.15, 0.2) is 53.5 Å². The number of ether oxygens (including phenoxy) is 1. The van der Waals surface area contributed by atoms with Crippen molar-refractivity contribution < 1.29 is 13.9 Å². The summed E-state index contributed by atoms with van der Waals surface area (Å²) in [5, 5.41) is 11.8. The summed E-state index contributed by atoms with van der Waals surface area (Å²) in [7, 11) is 1.87. The van der Waals surface area contributed by atoms with Crippen LogP contribution in [0.2, 0.25) is 0 Å². The van der Waals surface area contributed by atoms with Crippen LogP contribution in [0.4, 0.5) is 25.7 Å². The van der Waals surface area contributed by atoms with Crippen LogP contribution >= 0.6 is 11.3 Å². The predicted octanol–water partition coefficient (Wildman–Crippen LogP) is 6.54. The van der Waals surface area contributed by atoms with Gasteiger partial charge in [0.25, 0.3) is 5.56 Å². The topological polar surface area (TPSA) is 94.7 Å². The maximum Gasteiger partial charge on any atom is 0.410 e. The molecule has 1 aliphatic rings. The van der Waals surface area contributed by atoms with Gasteiger partial charge in [0.05, 0.1) is 5.69 Å². The average Bonchev–Trinajstić information content (AvgIpc) is 3.41.